The standard InChI is InChI=1S/C12H15ClN2O/c1-7-4-9(5-7)15-11-6-8(12(14)16)2-3-10(11)13/h2-3,6-7,9,15H,4-5H2,1H3,(H2,14,16). The van der Waals surface area contributed by atoms with E-state index in [9.17, 15) is 4.79 Å². The third-order valence-corrected chi connectivity index (χ3v) is 3.31. The Balaban J connectivity index is 2.12. The first kappa shape index (κ1) is 11.3. The molecule has 0 aliphatic heterocycles. The van der Waals surface area contributed by atoms with Crippen LogP contribution in [0.4, 0.5) is 5.69 Å². The first-order chi connectivity index (χ1) is 7.56. The van der Waals surface area contributed by atoms with E-state index in [2.05, 4.69) is 12.2 Å². The van der Waals surface area contributed by atoms with Gasteiger partial charge in [0.1, 0.15) is 0 Å². The maximum Gasteiger partial charge on any atom is 0.248 e. The SMILES string of the molecule is CC1CC(Nc2cc(C(N)=O)ccc2Cl)C1. The van der Waals surface area contributed by atoms with Gasteiger partial charge in [-0.05, 0) is 37.0 Å². The molecule has 1 aromatic rings. The van der Waals surface area contributed by atoms with Gasteiger partial charge in [0.2, 0.25) is 5.91 Å². The smallest absolute Gasteiger partial charge is 0.248 e. The molecule has 4 heteroatoms. The molecule has 3 N–H and O–H groups in total. The number of anilines is 1. The zero-order valence-corrected chi connectivity index (χ0v) is 9.92. The van der Waals surface area contributed by atoms with E-state index in [0.717, 1.165) is 24.4 Å². The number of amides is 1. The minimum absolute atomic E-state index is 0.429. The van der Waals surface area contributed by atoms with Crippen molar-refractivity contribution >= 4 is 23.2 Å². The Kier molecular flexibility index (Phi) is 3.06. The van der Waals surface area contributed by atoms with Gasteiger partial charge >= 0.3 is 0 Å². The molecule has 1 aliphatic carbocycles. The van der Waals surface area contributed by atoms with E-state index in [1.807, 2.05) is 0 Å². The first-order valence-corrected chi connectivity index (χ1v) is 5.80. The molecule has 0 spiro atoms. The Morgan fingerprint density at radius 1 is 1.50 bits per heavy atom. The molecule has 0 heterocycles. The number of rotatable bonds is 3. The van der Waals surface area contributed by atoms with Gasteiger partial charge in [0.15, 0.2) is 0 Å². The van der Waals surface area contributed by atoms with E-state index in [0.29, 0.717) is 16.6 Å². The summed E-state index contributed by atoms with van der Waals surface area (Å²) in [6.07, 6.45) is 2.30. The molecule has 2 rings (SSSR count). The lowest BCUT2D eigenvalue weighted by molar-refractivity contribution is 0.100. The van der Waals surface area contributed by atoms with Crippen LogP contribution in [0.1, 0.15) is 30.1 Å². The maximum atomic E-state index is 11.0. The largest absolute Gasteiger partial charge is 0.381 e. The minimum atomic E-state index is -0.429. The number of carbonyl (C=O) groups is 1. The van der Waals surface area contributed by atoms with Gasteiger partial charge in [0.25, 0.3) is 0 Å². The fourth-order valence-electron chi connectivity index (χ4n) is 2.03. The van der Waals surface area contributed by atoms with Crippen molar-refractivity contribution in [1.29, 1.82) is 0 Å². The number of hydrogen-bond donors (Lipinski definition) is 2. The molecule has 0 unspecified atom stereocenters. The zero-order valence-electron chi connectivity index (χ0n) is 9.16. The summed E-state index contributed by atoms with van der Waals surface area (Å²) in [5.41, 5.74) is 6.51. The Bertz CT molecular complexity index is 413. The van der Waals surface area contributed by atoms with Crippen LogP contribution in [0.5, 0.6) is 0 Å². The Morgan fingerprint density at radius 3 is 2.75 bits per heavy atom. The van der Waals surface area contributed by atoms with Crippen LogP contribution < -0.4 is 11.1 Å². The average molecular weight is 239 g/mol. The number of carbonyl (C=O) groups excluding carboxylic acids is 1. The predicted molar refractivity (Wildman–Crippen MR) is 65.8 cm³/mol. The molecule has 0 radical (unpaired) electrons. The summed E-state index contributed by atoms with van der Waals surface area (Å²) in [5, 5.41) is 3.96. The van der Waals surface area contributed by atoms with Crippen LogP contribution in [-0.4, -0.2) is 11.9 Å². The van der Waals surface area contributed by atoms with Gasteiger partial charge in [-0.25, -0.2) is 0 Å². The van der Waals surface area contributed by atoms with Crippen LogP contribution in [0.2, 0.25) is 5.02 Å². The number of benzene rings is 1. The number of nitrogens with one attached hydrogen (secondary N) is 1. The van der Waals surface area contributed by atoms with Gasteiger partial charge < -0.3 is 11.1 Å². The van der Waals surface area contributed by atoms with E-state index in [1.165, 1.54) is 0 Å². The summed E-state index contributed by atoms with van der Waals surface area (Å²) in [7, 11) is 0. The highest BCUT2D eigenvalue weighted by molar-refractivity contribution is 6.33. The number of hydrogen-bond acceptors (Lipinski definition) is 2. The third-order valence-electron chi connectivity index (χ3n) is 2.98. The second-order valence-corrected chi connectivity index (χ2v) is 4.88. The molecular weight excluding hydrogens is 224 g/mol. The molecule has 0 aromatic heterocycles. The van der Waals surface area contributed by atoms with E-state index in [1.54, 1.807) is 18.2 Å². The van der Waals surface area contributed by atoms with Gasteiger partial charge in [-0.15, -0.1) is 0 Å². The second-order valence-electron chi connectivity index (χ2n) is 4.48. The van der Waals surface area contributed by atoms with E-state index >= 15 is 0 Å². The third kappa shape index (κ3) is 2.30. The minimum Gasteiger partial charge on any atom is -0.381 e. The Hall–Kier alpha value is -1.22. The first-order valence-electron chi connectivity index (χ1n) is 5.42. The predicted octanol–water partition coefficient (Wildman–Crippen LogP) is 2.65. The fourth-order valence-corrected chi connectivity index (χ4v) is 2.20. The molecule has 3 nitrogen and oxygen atoms in total. The highest BCUT2D eigenvalue weighted by Crippen LogP contribution is 2.32. The Labute approximate surface area is 100.0 Å². The van der Waals surface area contributed by atoms with Crippen molar-refractivity contribution < 1.29 is 4.79 Å². The fraction of sp³-hybridized carbons (Fsp3) is 0.417. The van der Waals surface area contributed by atoms with Crippen molar-refractivity contribution in [2.75, 3.05) is 5.32 Å². The molecule has 16 heavy (non-hydrogen) atoms. The molecule has 1 aliphatic rings. The highest BCUT2D eigenvalue weighted by Gasteiger charge is 2.25. The van der Waals surface area contributed by atoms with Gasteiger partial charge in [-0.2, -0.15) is 0 Å². The van der Waals surface area contributed by atoms with Gasteiger partial charge in [-0.1, -0.05) is 18.5 Å². The van der Waals surface area contributed by atoms with Crippen molar-refractivity contribution in [2.24, 2.45) is 11.7 Å². The summed E-state index contributed by atoms with van der Waals surface area (Å²) in [5.74, 6) is 0.345. The van der Waals surface area contributed by atoms with Gasteiger partial charge in [-0.3, -0.25) is 4.79 Å². The van der Waals surface area contributed by atoms with Crippen LogP contribution in [-0.2, 0) is 0 Å². The lowest BCUT2D eigenvalue weighted by Gasteiger charge is -2.34. The summed E-state index contributed by atoms with van der Waals surface area (Å²) in [6, 6.07) is 5.52. The molecule has 1 aromatic carbocycles. The second kappa shape index (κ2) is 4.34. The topological polar surface area (TPSA) is 55.1 Å². The quantitative estimate of drug-likeness (QED) is 0.851. The Morgan fingerprint density at radius 2 is 2.19 bits per heavy atom. The van der Waals surface area contributed by atoms with Gasteiger partial charge in [0.05, 0.1) is 10.7 Å². The van der Waals surface area contributed by atoms with Crippen LogP contribution in [0.25, 0.3) is 0 Å². The van der Waals surface area contributed by atoms with E-state index in [-0.39, 0.29) is 0 Å². The molecule has 0 atom stereocenters. The lowest BCUT2D eigenvalue weighted by atomic mass is 9.82. The van der Waals surface area contributed by atoms with E-state index in [4.69, 9.17) is 17.3 Å². The van der Waals surface area contributed by atoms with Crippen molar-refractivity contribution in [2.45, 2.75) is 25.8 Å². The van der Waals surface area contributed by atoms with Crippen molar-refractivity contribution in [3.63, 3.8) is 0 Å². The average Bonchev–Trinajstić information content (AvgIpc) is 2.18. The van der Waals surface area contributed by atoms with E-state index < -0.39 is 5.91 Å². The number of primary amides is 1. The van der Waals surface area contributed by atoms with Crippen LogP contribution in [0, 0.1) is 5.92 Å². The summed E-state index contributed by atoms with van der Waals surface area (Å²) in [4.78, 5) is 11.0. The zero-order chi connectivity index (χ0) is 11.7. The number of nitrogens with two attached hydrogens (primary N) is 1. The maximum absolute atomic E-state index is 11.0. The highest BCUT2D eigenvalue weighted by atomic mass is 35.5. The summed E-state index contributed by atoms with van der Waals surface area (Å²) in [6.45, 7) is 2.22. The number of halogens is 1. The summed E-state index contributed by atoms with van der Waals surface area (Å²) < 4.78 is 0. The van der Waals surface area contributed by atoms with Crippen LogP contribution in [0.3, 0.4) is 0 Å². The molecule has 1 fully saturated rings. The molecule has 0 saturated heterocycles. The van der Waals surface area contributed by atoms with Crippen molar-refractivity contribution in [3.8, 4) is 0 Å². The van der Waals surface area contributed by atoms with Gasteiger partial charge in [0, 0.05) is 11.6 Å². The molecule has 86 valence electrons. The molecule has 0 bridgehead atoms. The molecular formula is C12H15ClN2O. The van der Waals surface area contributed by atoms with Crippen molar-refractivity contribution in [1.82, 2.24) is 0 Å². The monoisotopic (exact) mass is 238 g/mol. The van der Waals surface area contributed by atoms with Crippen LogP contribution >= 0.6 is 11.6 Å². The van der Waals surface area contributed by atoms with Crippen molar-refractivity contribution in [3.05, 3.63) is 28.8 Å². The molecule has 1 saturated carbocycles. The lowest BCUT2D eigenvalue weighted by Crippen LogP contribution is -2.33. The normalized spacial score (nSPS) is 23.6. The van der Waals surface area contributed by atoms with Crippen LogP contribution in [0.15, 0.2) is 18.2 Å². The molecule has 1 amide bonds. The summed E-state index contributed by atoms with van der Waals surface area (Å²) >= 11 is 6.05.